The number of rotatable bonds is 2. The molecule has 0 aliphatic carbocycles. The molecule has 0 saturated carbocycles. The molecule has 1 fully saturated rings. The molecule has 3 N–H and O–H groups in total. The SMILES string of the molecule is CNC(=O)C1(C)CCN(C(=O)C(C)(N)C(F)(F)F)C1. The van der Waals surface area contributed by atoms with Crippen LogP contribution < -0.4 is 11.1 Å². The van der Waals surface area contributed by atoms with E-state index in [1.54, 1.807) is 6.92 Å². The summed E-state index contributed by atoms with van der Waals surface area (Å²) >= 11 is 0. The van der Waals surface area contributed by atoms with Crippen LogP contribution in [0.2, 0.25) is 0 Å². The lowest BCUT2D eigenvalue weighted by Crippen LogP contribution is -2.62. The Bertz CT molecular complexity index is 395. The molecular weight excluding hydrogens is 263 g/mol. The molecule has 0 aromatic heterocycles. The summed E-state index contributed by atoms with van der Waals surface area (Å²) in [6, 6.07) is 0. The van der Waals surface area contributed by atoms with Crippen LogP contribution in [-0.4, -0.2) is 48.6 Å². The van der Waals surface area contributed by atoms with Crippen LogP contribution in [0.3, 0.4) is 0 Å². The molecule has 0 bridgehead atoms. The van der Waals surface area contributed by atoms with Crippen molar-refractivity contribution in [2.45, 2.75) is 32.0 Å². The lowest BCUT2D eigenvalue weighted by Gasteiger charge is -2.31. The molecule has 2 atom stereocenters. The van der Waals surface area contributed by atoms with Gasteiger partial charge in [-0.1, -0.05) is 0 Å². The molecular formula is C11H18F3N3O2. The first-order valence-corrected chi connectivity index (χ1v) is 5.83. The maximum Gasteiger partial charge on any atom is 0.415 e. The third kappa shape index (κ3) is 2.68. The molecule has 110 valence electrons. The molecule has 8 heteroatoms. The number of hydrogen-bond acceptors (Lipinski definition) is 3. The smallest absolute Gasteiger partial charge is 0.359 e. The highest BCUT2D eigenvalue weighted by molar-refractivity contribution is 5.89. The molecule has 2 unspecified atom stereocenters. The van der Waals surface area contributed by atoms with Gasteiger partial charge in [0.05, 0.1) is 5.41 Å². The van der Waals surface area contributed by atoms with E-state index < -0.39 is 23.0 Å². The third-order valence-corrected chi connectivity index (χ3v) is 3.57. The number of alkyl halides is 3. The van der Waals surface area contributed by atoms with Gasteiger partial charge < -0.3 is 16.0 Å². The number of hydrogen-bond donors (Lipinski definition) is 2. The number of nitrogens with zero attached hydrogens (tertiary/aromatic N) is 1. The minimum Gasteiger partial charge on any atom is -0.359 e. The van der Waals surface area contributed by atoms with E-state index in [4.69, 9.17) is 5.73 Å². The Morgan fingerprint density at radius 3 is 2.32 bits per heavy atom. The molecule has 19 heavy (non-hydrogen) atoms. The summed E-state index contributed by atoms with van der Waals surface area (Å²) in [6.07, 6.45) is -4.51. The van der Waals surface area contributed by atoms with Gasteiger partial charge in [0.25, 0.3) is 5.91 Å². The second-order valence-corrected chi connectivity index (χ2v) is 5.32. The van der Waals surface area contributed by atoms with Gasteiger partial charge in [0, 0.05) is 20.1 Å². The van der Waals surface area contributed by atoms with Gasteiger partial charge in [-0.3, -0.25) is 9.59 Å². The van der Waals surface area contributed by atoms with Crippen molar-refractivity contribution in [3.05, 3.63) is 0 Å². The molecule has 0 spiro atoms. The van der Waals surface area contributed by atoms with Crippen LogP contribution in [-0.2, 0) is 9.59 Å². The minimum atomic E-state index is -4.82. The molecule has 2 amide bonds. The van der Waals surface area contributed by atoms with Gasteiger partial charge in [0.1, 0.15) is 0 Å². The van der Waals surface area contributed by atoms with Gasteiger partial charge in [-0.15, -0.1) is 0 Å². The van der Waals surface area contributed by atoms with Crippen molar-refractivity contribution in [2.75, 3.05) is 20.1 Å². The van der Waals surface area contributed by atoms with Crippen LogP contribution >= 0.6 is 0 Å². The zero-order valence-corrected chi connectivity index (χ0v) is 11.1. The van der Waals surface area contributed by atoms with Crippen molar-refractivity contribution in [3.63, 3.8) is 0 Å². The van der Waals surface area contributed by atoms with Crippen LogP contribution in [0.5, 0.6) is 0 Å². The highest BCUT2D eigenvalue weighted by atomic mass is 19.4. The average molecular weight is 281 g/mol. The highest BCUT2D eigenvalue weighted by Crippen LogP contribution is 2.35. The standard InChI is InChI=1S/C11H18F3N3O2/c1-9(7(18)16-3)4-5-17(6-9)8(19)10(2,15)11(12,13)14/h4-6,15H2,1-3H3,(H,16,18). The Morgan fingerprint density at radius 2 is 1.89 bits per heavy atom. The first-order valence-electron chi connectivity index (χ1n) is 5.83. The highest BCUT2D eigenvalue weighted by Gasteiger charge is 2.57. The number of likely N-dealkylation sites (tertiary alicyclic amines) is 1. The predicted molar refractivity (Wildman–Crippen MR) is 62.0 cm³/mol. The quantitative estimate of drug-likeness (QED) is 0.762. The Balaban J connectivity index is 2.86. The first kappa shape index (κ1) is 15.7. The van der Waals surface area contributed by atoms with E-state index in [2.05, 4.69) is 5.32 Å². The van der Waals surface area contributed by atoms with E-state index in [-0.39, 0.29) is 19.0 Å². The van der Waals surface area contributed by atoms with Gasteiger partial charge in [-0.25, -0.2) is 0 Å². The molecule has 0 aromatic carbocycles. The zero-order valence-electron chi connectivity index (χ0n) is 11.1. The van der Waals surface area contributed by atoms with E-state index in [1.165, 1.54) is 7.05 Å². The van der Waals surface area contributed by atoms with Crippen molar-refractivity contribution in [2.24, 2.45) is 11.1 Å². The van der Waals surface area contributed by atoms with Gasteiger partial charge in [-0.2, -0.15) is 13.2 Å². The van der Waals surface area contributed by atoms with E-state index >= 15 is 0 Å². The Kier molecular flexibility index (Phi) is 3.86. The molecule has 1 heterocycles. The van der Waals surface area contributed by atoms with E-state index in [9.17, 15) is 22.8 Å². The van der Waals surface area contributed by atoms with Crippen LogP contribution in [0.15, 0.2) is 0 Å². The average Bonchev–Trinajstić information content (AvgIpc) is 2.69. The molecule has 1 saturated heterocycles. The van der Waals surface area contributed by atoms with E-state index in [0.29, 0.717) is 13.3 Å². The first-order chi connectivity index (χ1) is 8.45. The van der Waals surface area contributed by atoms with Crippen LogP contribution in [0.4, 0.5) is 13.2 Å². The summed E-state index contributed by atoms with van der Waals surface area (Å²) in [7, 11) is 1.45. The zero-order chi connectivity index (χ0) is 15.1. The number of halogens is 3. The van der Waals surface area contributed by atoms with E-state index in [0.717, 1.165) is 4.90 Å². The summed E-state index contributed by atoms with van der Waals surface area (Å²) in [6.45, 7) is 2.28. The predicted octanol–water partition coefficient (Wildman–Crippen LogP) is 0.251. The molecule has 1 rings (SSSR count). The Morgan fingerprint density at radius 1 is 1.37 bits per heavy atom. The monoisotopic (exact) mass is 281 g/mol. The fraction of sp³-hybridized carbons (Fsp3) is 0.818. The summed E-state index contributed by atoms with van der Waals surface area (Å²) in [5.41, 5.74) is 1.30. The van der Waals surface area contributed by atoms with Crippen LogP contribution in [0.25, 0.3) is 0 Å². The Hall–Kier alpha value is -1.31. The van der Waals surface area contributed by atoms with Crippen molar-refractivity contribution < 1.29 is 22.8 Å². The number of nitrogens with one attached hydrogen (secondary N) is 1. The van der Waals surface area contributed by atoms with Crippen molar-refractivity contribution >= 4 is 11.8 Å². The van der Waals surface area contributed by atoms with Gasteiger partial charge in [-0.05, 0) is 20.3 Å². The lowest BCUT2D eigenvalue weighted by molar-refractivity contribution is -0.193. The maximum absolute atomic E-state index is 12.7. The summed E-state index contributed by atoms with van der Waals surface area (Å²) in [4.78, 5) is 24.5. The van der Waals surface area contributed by atoms with Crippen molar-refractivity contribution in [1.82, 2.24) is 10.2 Å². The van der Waals surface area contributed by atoms with Gasteiger partial charge in [0.15, 0.2) is 5.54 Å². The molecule has 1 aliphatic rings. The maximum atomic E-state index is 12.7. The molecule has 5 nitrogen and oxygen atoms in total. The van der Waals surface area contributed by atoms with Crippen LogP contribution in [0.1, 0.15) is 20.3 Å². The number of nitrogens with two attached hydrogens (primary N) is 1. The second kappa shape index (κ2) is 4.66. The lowest BCUT2D eigenvalue weighted by atomic mass is 9.89. The Labute approximate surface area is 109 Å². The second-order valence-electron chi connectivity index (χ2n) is 5.32. The van der Waals surface area contributed by atoms with Gasteiger partial charge >= 0.3 is 6.18 Å². The topological polar surface area (TPSA) is 75.4 Å². The number of carbonyl (C=O) groups is 2. The largest absolute Gasteiger partial charge is 0.415 e. The summed E-state index contributed by atoms with van der Waals surface area (Å²) in [5, 5.41) is 2.45. The van der Waals surface area contributed by atoms with Crippen molar-refractivity contribution in [3.8, 4) is 0 Å². The third-order valence-electron chi connectivity index (χ3n) is 3.57. The van der Waals surface area contributed by atoms with Crippen molar-refractivity contribution in [1.29, 1.82) is 0 Å². The van der Waals surface area contributed by atoms with E-state index in [1.807, 2.05) is 0 Å². The summed E-state index contributed by atoms with van der Waals surface area (Å²) < 4.78 is 38.1. The minimum absolute atomic E-state index is 0.0611. The number of amides is 2. The fourth-order valence-electron chi connectivity index (χ4n) is 2.07. The molecule has 1 aliphatic heterocycles. The molecule has 0 aromatic rings. The van der Waals surface area contributed by atoms with Crippen LogP contribution in [0, 0.1) is 5.41 Å². The molecule has 0 radical (unpaired) electrons. The number of carbonyl (C=O) groups excluding carboxylic acids is 2. The van der Waals surface area contributed by atoms with Gasteiger partial charge in [0.2, 0.25) is 5.91 Å². The fourth-order valence-corrected chi connectivity index (χ4v) is 2.07. The normalized spacial score (nSPS) is 27.0. The summed E-state index contributed by atoms with van der Waals surface area (Å²) in [5.74, 6) is -1.50.